The van der Waals surface area contributed by atoms with Crippen molar-refractivity contribution < 1.29 is 4.42 Å². The highest BCUT2D eigenvalue weighted by molar-refractivity contribution is 9.10. The van der Waals surface area contributed by atoms with Crippen LogP contribution in [0.2, 0.25) is 0 Å². The van der Waals surface area contributed by atoms with E-state index >= 15 is 0 Å². The van der Waals surface area contributed by atoms with Gasteiger partial charge in [-0.05, 0) is 50.3 Å². The molecule has 4 heteroatoms. The fourth-order valence-electron chi connectivity index (χ4n) is 2.47. The number of hydrogen-bond acceptors (Lipinski definition) is 3. The Morgan fingerprint density at radius 2 is 1.90 bits per heavy atom. The smallest absolute Gasteiger partial charge is 0.122 e. The summed E-state index contributed by atoms with van der Waals surface area (Å²) in [4.78, 5) is 2.18. The summed E-state index contributed by atoms with van der Waals surface area (Å²) in [6.45, 7) is 3.06. The molecule has 1 N–H and O–H groups in total. The topological polar surface area (TPSA) is 28.4 Å². The Kier molecular flexibility index (Phi) is 6.03. The quantitative estimate of drug-likeness (QED) is 0.802. The maximum absolute atomic E-state index is 5.56. The zero-order chi connectivity index (χ0) is 15.2. The van der Waals surface area contributed by atoms with Crippen LogP contribution in [0.3, 0.4) is 0 Å². The molecular weight excluding hydrogens is 328 g/mol. The maximum Gasteiger partial charge on any atom is 0.122 e. The Hall–Kier alpha value is -1.10. The first kappa shape index (κ1) is 16.3. The molecule has 0 aliphatic carbocycles. The summed E-state index contributed by atoms with van der Waals surface area (Å²) in [6, 6.07) is 13.1. The first-order chi connectivity index (χ1) is 10.1. The lowest BCUT2D eigenvalue weighted by Gasteiger charge is -2.26. The van der Waals surface area contributed by atoms with Crippen LogP contribution in [0.5, 0.6) is 0 Å². The molecule has 0 saturated heterocycles. The third-order valence-electron chi connectivity index (χ3n) is 3.73. The van der Waals surface area contributed by atoms with E-state index in [4.69, 9.17) is 4.42 Å². The monoisotopic (exact) mass is 350 g/mol. The highest BCUT2D eigenvalue weighted by Gasteiger charge is 2.18. The van der Waals surface area contributed by atoms with Gasteiger partial charge in [0.25, 0.3) is 0 Å². The van der Waals surface area contributed by atoms with Crippen LogP contribution in [0.15, 0.2) is 51.6 Å². The molecule has 0 amide bonds. The number of nitrogens with zero attached hydrogens (tertiary/aromatic N) is 1. The highest BCUT2D eigenvalue weighted by atomic mass is 79.9. The van der Waals surface area contributed by atoms with E-state index in [1.165, 1.54) is 5.56 Å². The zero-order valence-electron chi connectivity index (χ0n) is 12.8. The molecule has 2 unspecified atom stereocenters. The number of likely N-dealkylation sites (N-methyl/N-ethyl adjacent to an activating group) is 1. The molecule has 2 atom stereocenters. The Bertz CT molecular complexity index is 522. The zero-order valence-corrected chi connectivity index (χ0v) is 14.4. The van der Waals surface area contributed by atoms with Crippen molar-refractivity contribution in [2.24, 2.45) is 0 Å². The summed E-state index contributed by atoms with van der Waals surface area (Å²) in [5.74, 6) is 0.998. The van der Waals surface area contributed by atoms with E-state index in [1.807, 2.05) is 12.1 Å². The van der Waals surface area contributed by atoms with Gasteiger partial charge < -0.3 is 9.73 Å². The fraction of sp³-hybridized carbons (Fsp3) is 0.412. The summed E-state index contributed by atoms with van der Waals surface area (Å²) in [6.07, 6.45) is 2.79. The summed E-state index contributed by atoms with van der Waals surface area (Å²) in [5, 5.41) is 3.66. The summed E-state index contributed by atoms with van der Waals surface area (Å²) < 4.78 is 6.67. The predicted molar refractivity (Wildman–Crippen MR) is 90.3 cm³/mol. The fourth-order valence-corrected chi connectivity index (χ4v) is 2.73. The van der Waals surface area contributed by atoms with Crippen LogP contribution >= 0.6 is 15.9 Å². The van der Waals surface area contributed by atoms with Crippen molar-refractivity contribution in [3.8, 4) is 0 Å². The molecule has 1 aromatic heterocycles. The van der Waals surface area contributed by atoms with Crippen molar-refractivity contribution in [3.05, 3.63) is 58.5 Å². The first-order valence-electron chi connectivity index (χ1n) is 7.30. The third-order valence-corrected chi connectivity index (χ3v) is 4.26. The molecule has 0 spiro atoms. The average molecular weight is 351 g/mol. The molecule has 0 radical (unpaired) electrons. The molecule has 0 bridgehead atoms. The minimum atomic E-state index is 0.240. The first-order valence-corrected chi connectivity index (χ1v) is 8.09. The second-order valence-corrected chi connectivity index (χ2v) is 6.33. The van der Waals surface area contributed by atoms with Gasteiger partial charge in [0.1, 0.15) is 5.76 Å². The minimum absolute atomic E-state index is 0.240. The van der Waals surface area contributed by atoms with E-state index < -0.39 is 0 Å². The van der Waals surface area contributed by atoms with Gasteiger partial charge >= 0.3 is 0 Å². The van der Waals surface area contributed by atoms with Gasteiger partial charge in [-0.25, -0.2) is 0 Å². The molecule has 114 valence electrons. The van der Waals surface area contributed by atoms with Gasteiger partial charge in [0.15, 0.2) is 0 Å². The van der Waals surface area contributed by atoms with Gasteiger partial charge in [-0.2, -0.15) is 0 Å². The number of nitrogens with one attached hydrogen (secondary N) is 1. The molecule has 2 aromatic rings. The average Bonchev–Trinajstić information content (AvgIpc) is 2.98. The summed E-state index contributed by atoms with van der Waals surface area (Å²) >= 11 is 3.48. The Morgan fingerprint density at radius 3 is 2.43 bits per heavy atom. The molecular formula is C17H23BrN2O. The minimum Gasteiger partial charge on any atom is -0.468 e. The van der Waals surface area contributed by atoms with E-state index in [1.54, 1.807) is 6.26 Å². The van der Waals surface area contributed by atoms with Crippen LogP contribution in [0, 0.1) is 0 Å². The van der Waals surface area contributed by atoms with E-state index in [9.17, 15) is 0 Å². The van der Waals surface area contributed by atoms with Crippen molar-refractivity contribution in [1.29, 1.82) is 0 Å². The van der Waals surface area contributed by atoms with Gasteiger partial charge in [-0.1, -0.05) is 35.0 Å². The molecule has 0 aliphatic rings. The Labute approximate surface area is 135 Å². The van der Waals surface area contributed by atoms with Crippen molar-refractivity contribution in [1.82, 2.24) is 10.2 Å². The summed E-state index contributed by atoms with van der Waals surface area (Å²) in [7, 11) is 4.16. The van der Waals surface area contributed by atoms with E-state index in [2.05, 4.69) is 71.4 Å². The van der Waals surface area contributed by atoms with Gasteiger partial charge in [0.05, 0.1) is 12.3 Å². The molecule has 0 saturated carbocycles. The van der Waals surface area contributed by atoms with Crippen molar-refractivity contribution >= 4 is 15.9 Å². The summed E-state index contributed by atoms with van der Waals surface area (Å²) in [5.41, 5.74) is 1.32. The molecule has 0 aliphatic heterocycles. The second-order valence-electron chi connectivity index (χ2n) is 5.42. The number of rotatable bonds is 7. The standard InChI is InChI=1S/C17H23BrN2O/c1-4-15(13-7-9-14(18)10-8-13)19-12-16(20(2)3)17-6-5-11-21-17/h5-11,15-16,19H,4,12H2,1-3H3. The molecule has 2 rings (SSSR count). The van der Waals surface area contributed by atoms with E-state index in [0.29, 0.717) is 6.04 Å². The van der Waals surface area contributed by atoms with Crippen LogP contribution in [0.4, 0.5) is 0 Å². The largest absolute Gasteiger partial charge is 0.468 e. The van der Waals surface area contributed by atoms with Gasteiger partial charge in [0, 0.05) is 17.1 Å². The third kappa shape index (κ3) is 4.43. The van der Waals surface area contributed by atoms with E-state index in [0.717, 1.165) is 23.2 Å². The normalized spacial score (nSPS) is 14.3. The predicted octanol–water partition coefficient (Wildman–Crippen LogP) is 4.39. The van der Waals surface area contributed by atoms with Crippen LogP contribution in [0.25, 0.3) is 0 Å². The lowest BCUT2D eigenvalue weighted by atomic mass is 10.0. The molecule has 1 aromatic carbocycles. The number of benzene rings is 1. The van der Waals surface area contributed by atoms with Gasteiger partial charge in [-0.3, -0.25) is 4.90 Å². The Morgan fingerprint density at radius 1 is 1.19 bits per heavy atom. The molecule has 21 heavy (non-hydrogen) atoms. The number of halogens is 1. The lowest BCUT2D eigenvalue weighted by Crippen LogP contribution is -2.33. The lowest BCUT2D eigenvalue weighted by molar-refractivity contribution is 0.243. The van der Waals surface area contributed by atoms with Crippen LogP contribution in [-0.2, 0) is 0 Å². The van der Waals surface area contributed by atoms with Crippen LogP contribution < -0.4 is 5.32 Å². The SMILES string of the molecule is CCC(NCC(c1ccco1)N(C)C)c1ccc(Br)cc1. The van der Waals surface area contributed by atoms with Crippen LogP contribution in [-0.4, -0.2) is 25.5 Å². The van der Waals surface area contributed by atoms with Gasteiger partial charge in [-0.15, -0.1) is 0 Å². The maximum atomic E-state index is 5.56. The molecule has 1 heterocycles. The van der Waals surface area contributed by atoms with Gasteiger partial charge in [0.2, 0.25) is 0 Å². The number of furan rings is 1. The molecule has 0 fully saturated rings. The highest BCUT2D eigenvalue weighted by Crippen LogP contribution is 2.22. The second kappa shape index (κ2) is 7.78. The molecule has 3 nitrogen and oxygen atoms in total. The number of hydrogen-bond donors (Lipinski definition) is 1. The van der Waals surface area contributed by atoms with E-state index in [-0.39, 0.29) is 6.04 Å². The van der Waals surface area contributed by atoms with Crippen molar-refractivity contribution in [2.75, 3.05) is 20.6 Å². The van der Waals surface area contributed by atoms with Crippen molar-refractivity contribution in [3.63, 3.8) is 0 Å². The van der Waals surface area contributed by atoms with Crippen molar-refractivity contribution in [2.45, 2.75) is 25.4 Å². The Balaban J connectivity index is 2.03. The van der Waals surface area contributed by atoms with Crippen LogP contribution in [0.1, 0.15) is 36.8 Å².